The highest BCUT2D eigenvalue weighted by molar-refractivity contribution is 6.32. The van der Waals surface area contributed by atoms with E-state index in [0.717, 1.165) is 11.1 Å². The first-order valence-corrected chi connectivity index (χ1v) is 9.60. The number of nitrogens with one attached hydrogen (secondary N) is 1. The zero-order valence-electron chi connectivity index (χ0n) is 16.7. The Bertz CT molecular complexity index is 801. The first-order chi connectivity index (χ1) is 13.9. The van der Waals surface area contributed by atoms with Crippen molar-refractivity contribution < 1.29 is 24.3 Å². The van der Waals surface area contributed by atoms with Crippen molar-refractivity contribution in [2.75, 3.05) is 13.1 Å². The van der Waals surface area contributed by atoms with Crippen LogP contribution in [0.3, 0.4) is 0 Å². The summed E-state index contributed by atoms with van der Waals surface area (Å²) in [5.74, 6) is -0.469. The highest BCUT2D eigenvalue weighted by atomic mass is 16.6. The van der Waals surface area contributed by atoms with Gasteiger partial charge in [-0.1, -0.05) is 48.5 Å². The van der Waals surface area contributed by atoms with Gasteiger partial charge in [-0.05, 0) is 31.0 Å². The van der Waals surface area contributed by atoms with Gasteiger partial charge >= 0.3 is 7.32 Å². The van der Waals surface area contributed by atoms with Crippen LogP contribution >= 0.6 is 0 Å². The molecular weight excluding hydrogens is 371 g/mol. The van der Waals surface area contributed by atoms with Gasteiger partial charge in [0.1, 0.15) is 6.23 Å². The monoisotopic (exact) mass is 398 g/mol. The summed E-state index contributed by atoms with van der Waals surface area (Å²) in [6, 6.07) is 16.6. The summed E-state index contributed by atoms with van der Waals surface area (Å²) in [6.07, 6.45) is -0.544. The van der Waals surface area contributed by atoms with E-state index in [1.165, 1.54) is 0 Å². The fourth-order valence-electron chi connectivity index (χ4n) is 2.98. The lowest BCUT2D eigenvalue weighted by Crippen LogP contribution is -2.43. The van der Waals surface area contributed by atoms with Crippen molar-refractivity contribution in [3.8, 4) is 0 Å². The van der Waals surface area contributed by atoms with Gasteiger partial charge < -0.3 is 24.9 Å². The first-order valence-electron chi connectivity index (χ1n) is 9.60. The summed E-state index contributed by atoms with van der Waals surface area (Å²) in [6.45, 7) is 4.45. The van der Waals surface area contributed by atoms with Gasteiger partial charge in [0.25, 0.3) is 5.91 Å². The Hall–Kier alpha value is -2.68. The van der Waals surface area contributed by atoms with E-state index >= 15 is 0 Å². The number of nitrogens with zero attached hydrogens (tertiary/aromatic N) is 1. The molecule has 0 bridgehead atoms. The Morgan fingerprint density at radius 3 is 2.38 bits per heavy atom. The second-order valence-electron chi connectivity index (χ2n) is 6.66. The van der Waals surface area contributed by atoms with Crippen molar-refractivity contribution in [2.24, 2.45) is 0 Å². The number of benzene rings is 2. The van der Waals surface area contributed by atoms with E-state index in [0.29, 0.717) is 12.1 Å². The van der Waals surface area contributed by atoms with Gasteiger partial charge in [-0.15, -0.1) is 0 Å². The molecule has 2 aromatic rings. The van der Waals surface area contributed by atoms with Gasteiger partial charge in [-0.3, -0.25) is 9.59 Å². The SMILES string of the molecule is CCN(CCC(=O)N[C@@H](Cc1ccccc1)OB(O)O)C(=O)c1ccccc1C. The van der Waals surface area contributed by atoms with Crippen LogP contribution in [0.25, 0.3) is 0 Å². The maximum Gasteiger partial charge on any atom is 0.635 e. The zero-order valence-corrected chi connectivity index (χ0v) is 16.7. The topological polar surface area (TPSA) is 99.1 Å². The average molecular weight is 398 g/mol. The number of rotatable bonds is 10. The van der Waals surface area contributed by atoms with Crippen LogP contribution in [0.5, 0.6) is 0 Å². The number of amides is 2. The molecular formula is C21H27BN2O5. The lowest BCUT2D eigenvalue weighted by atomic mass is 10.1. The summed E-state index contributed by atoms with van der Waals surface area (Å²) in [5.41, 5.74) is 2.38. The Morgan fingerprint density at radius 2 is 1.76 bits per heavy atom. The molecule has 0 saturated carbocycles. The normalized spacial score (nSPS) is 11.6. The van der Waals surface area contributed by atoms with Gasteiger partial charge in [0, 0.05) is 31.5 Å². The predicted octanol–water partition coefficient (Wildman–Crippen LogP) is 1.52. The fourth-order valence-corrected chi connectivity index (χ4v) is 2.98. The van der Waals surface area contributed by atoms with Gasteiger partial charge in [0.2, 0.25) is 5.91 Å². The fraction of sp³-hybridized carbons (Fsp3) is 0.333. The van der Waals surface area contributed by atoms with Crippen LogP contribution in [0.15, 0.2) is 54.6 Å². The molecule has 2 rings (SSSR count). The minimum atomic E-state index is -2.00. The lowest BCUT2D eigenvalue weighted by Gasteiger charge is -2.23. The van der Waals surface area contributed by atoms with Crippen LogP contribution in [-0.4, -0.2) is 53.4 Å². The minimum Gasteiger partial charge on any atom is -0.402 e. The molecule has 8 heteroatoms. The molecule has 154 valence electrons. The second kappa shape index (κ2) is 11.4. The van der Waals surface area contributed by atoms with Crippen LogP contribution < -0.4 is 5.32 Å². The molecule has 29 heavy (non-hydrogen) atoms. The van der Waals surface area contributed by atoms with Gasteiger partial charge in [0.05, 0.1) is 0 Å². The number of hydrogen-bond donors (Lipinski definition) is 3. The number of aryl methyl sites for hydroxylation is 1. The van der Waals surface area contributed by atoms with Crippen LogP contribution in [-0.2, 0) is 15.9 Å². The molecule has 2 amide bonds. The maximum absolute atomic E-state index is 12.7. The van der Waals surface area contributed by atoms with Gasteiger partial charge in [-0.25, -0.2) is 0 Å². The molecule has 3 N–H and O–H groups in total. The number of hydrogen-bond acceptors (Lipinski definition) is 5. The molecule has 0 spiro atoms. The predicted molar refractivity (Wildman–Crippen MR) is 111 cm³/mol. The minimum absolute atomic E-state index is 0.0711. The second-order valence-corrected chi connectivity index (χ2v) is 6.66. The highest BCUT2D eigenvalue weighted by Gasteiger charge is 2.22. The molecule has 0 saturated heterocycles. The summed E-state index contributed by atoms with van der Waals surface area (Å²) in [5, 5.41) is 20.9. The lowest BCUT2D eigenvalue weighted by molar-refractivity contribution is -0.124. The molecule has 0 radical (unpaired) electrons. The Labute approximate surface area is 171 Å². The summed E-state index contributed by atoms with van der Waals surface area (Å²) >= 11 is 0. The summed E-state index contributed by atoms with van der Waals surface area (Å²) in [4.78, 5) is 26.7. The average Bonchev–Trinajstić information content (AvgIpc) is 2.69. The van der Waals surface area contributed by atoms with E-state index in [2.05, 4.69) is 5.32 Å². The van der Waals surface area contributed by atoms with Crippen molar-refractivity contribution >= 4 is 19.1 Å². The smallest absolute Gasteiger partial charge is 0.402 e. The number of carbonyl (C=O) groups excluding carboxylic acids is 2. The molecule has 0 aliphatic carbocycles. The van der Waals surface area contributed by atoms with E-state index in [9.17, 15) is 9.59 Å². The molecule has 7 nitrogen and oxygen atoms in total. The maximum atomic E-state index is 12.7. The van der Waals surface area contributed by atoms with Crippen molar-refractivity contribution in [1.29, 1.82) is 0 Å². The Kier molecular flexibility index (Phi) is 8.86. The third-order valence-electron chi connectivity index (χ3n) is 4.53. The Balaban J connectivity index is 1.94. The molecule has 0 aromatic heterocycles. The van der Waals surface area contributed by atoms with Crippen molar-refractivity contribution in [3.63, 3.8) is 0 Å². The van der Waals surface area contributed by atoms with E-state index in [1.54, 1.807) is 11.0 Å². The van der Waals surface area contributed by atoms with Gasteiger partial charge in [-0.2, -0.15) is 0 Å². The summed E-state index contributed by atoms with van der Waals surface area (Å²) in [7, 11) is -2.00. The van der Waals surface area contributed by atoms with Crippen molar-refractivity contribution in [2.45, 2.75) is 32.9 Å². The summed E-state index contributed by atoms with van der Waals surface area (Å²) < 4.78 is 4.99. The molecule has 0 fully saturated rings. The molecule has 0 unspecified atom stereocenters. The van der Waals surface area contributed by atoms with Crippen molar-refractivity contribution in [1.82, 2.24) is 10.2 Å². The third kappa shape index (κ3) is 7.34. The van der Waals surface area contributed by atoms with Crippen LogP contribution in [0, 0.1) is 6.92 Å². The van der Waals surface area contributed by atoms with E-state index < -0.39 is 13.5 Å². The van der Waals surface area contributed by atoms with Crippen molar-refractivity contribution in [3.05, 3.63) is 71.3 Å². The molecule has 0 heterocycles. The molecule has 0 aliphatic heterocycles. The van der Waals surface area contributed by atoms with Gasteiger partial charge in [0.15, 0.2) is 0 Å². The van der Waals surface area contributed by atoms with E-state index in [4.69, 9.17) is 14.7 Å². The van der Waals surface area contributed by atoms with Crippen LogP contribution in [0.1, 0.15) is 34.8 Å². The largest absolute Gasteiger partial charge is 0.635 e. The third-order valence-corrected chi connectivity index (χ3v) is 4.53. The molecule has 2 aromatic carbocycles. The Morgan fingerprint density at radius 1 is 1.10 bits per heavy atom. The standard InChI is InChI=1S/C21H27BN2O5/c1-3-24(21(26)18-12-8-7-9-16(18)2)14-13-19(25)23-20(29-22(27)28)15-17-10-5-4-6-11-17/h4-12,20,27-28H,3,13-15H2,1-2H3,(H,23,25)/t20-/m1/s1. The number of carbonyl (C=O) groups is 2. The van der Waals surface area contributed by atoms with Crippen LogP contribution in [0.4, 0.5) is 0 Å². The highest BCUT2D eigenvalue weighted by Crippen LogP contribution is 2.11. The molecule has 1 atom stereocenters. The van der Waals surface area contributed by atoms with E-state index in [1.807, 2.05) is 62.4 Å². The molecule has 0 aliphatic rings. The van der Waals surface area contributed by atoms with E-state index in [-0.39, 0.29) is 31.2 Å². The zero-order chi connectivity index (χ0) is 21.2. The first kappa shape index (κ1) is 22.6. The van der Waals surface area contributed by atoms with Crippen LogP contribution in [0.2, 0.25) is 0 Å². The quantitative estimate of drug-likeness (QED) is 0.416.